The van der Waals surface area contributed by atoms with Crippen LogP contribution in [0, 0.1) is 0 Å². The summed E-state index contributed by atoms with van der Waals surface area (Å²) in [6.45, 7) is 0. The summed E-state index contributed by atoms with van der Waals surface area (Å²) >= 11 is 1.82. The van der Waals surface area contributed by atoms with Crippen molar-refractivity contribution < 1.29 is 0 Å². The first-order valence-electron chi connectivity index (χ1n) is 17.1. The summed E-state index contributed by atoms with van der Waals surface area (Å²) in [5.74, 6) is 1.96. The molecule has 9 aromatic rings. The molecule has 0 unspecified atom stereocenters. The van der Waals surface area contributed by atoms with Crippen LogP contribution in [0.15, 0.2) is 186 Å². The fourth-order valence-corrected chi connectivity index (χ4v) is 8.45. The van der Waals surface area contributed by atoms with Crippen LogP contribution in [0.25, 0.3) is 89.1 Å². The highest BCUT2D eigenvalue weighted by molar-refractivity contribution is 7.99. The average molecular weight is 668 g/mol. The highest BCUT2D eigenvalue weighted by Crippen LogP contribution is 2.52. The van der Waals surface area contributed by atoms with Gasteiger partial charge in [0.15, 0.2) is 17.5 Å². The molecule has 0 spiro atoms. The smallest absolute Gasteiger partial charge is 0.164 e. The van der Waals surface area contributed by atoms with E-state index in [1.165, 1.54) is 48.0 Å². The highest BCUT2D eigenvalue weighted by Gasteiger charge is 2.25. The van der Waals surface area contributed by atoms with Crippen LogP contribution in [0.3, 0.4) is 0 Å². The van der Waals surface area contributed by atoms with Gasteiger partial charge in [-0.05, 0) is 68.2 Å². The zero-order valence-electron chi connectivity index (χ0n) is 27.5. The van der Waals surface area contributed by atoms with Crippen molar-refractivity contribution in [2.24, 2.45) is 0 Å². The number of nitrogens with zero attached hydrogens (tertiary/aromatic N) is 3. The van der Waals surface area contributed by atoms with Crippen LogP contribution in [0.1, 0.15) is 0 Å². The van der Waals surface area contributed by atoms with Crippen molar-refractivity contribution in [3.63, 3.8) is 0 Å². The van der Waals surface area contributed by atoms with Crippen molar-refractivity contribution in [2.75, 3.05) is 0 Å². The van der Waals surface area contributed by atoms with E-state index in [0.717, 1.165) is 33.4 Å². The van der Waals surface area contributed by atoms with Gasteiger partial charge in [0.05, 0.1) is 0 Å². The number of hydrogen-bond donors (Lipinski definition) is 0. The van der Waals surface area contributed by atoms with Crippen molar-refractivity contribution in [1.29, 1.82) is 0 Å². The van der Waals surface area contributed by atoms with Crippen molar-refractivity contribution >= 4 is 33.3 Å². The maximum Gasteiger partial charge on any atom is 0.164 e. The Bertz CT molecular complexity index is 2780. The molecule has 8 aromatic carbocycles. The van der Waals surface area contributed by atoms with Crippen LogP contribution in [0.2, 0.25) is 0 Å². The summed E-state index contributed by atoms with van der Waals surface area (Å²) in [6.07, 6.45) is 0. The van der Waals surface area contributed by atoms with Gasteiger partial charge in [-0.15, -0.1) is 0 Å². The lowest BCUT2D eigenvalue weighted by atomic mass is 9.90. The van der Waals surface area contributed by atoms with E-state index in [9.17, 15) is 0 Å². The Kier molecular flexibility index (Phi) is 7.07. The molecule has 1 aliphatic rings. The third kappa shape index (κ3) is 5.20. The standard InChI is InChI=1S/C47H29N3S/c1-3-13-31(14-4-1)37-26-27-42-43-38(37)20-10-21-39(43)44-40(22-11-23-41(44)51-42)47-49-45(32-15-5-2-6-16-32)48-46(50-47)36-19-9-18-34(29-36)35-25-24-30-12-7-8-17-33(30)28-35/h1-29H. The van der Waals surface area contributed by atoms with Gasteiger partial charge in [0.2, 0.25) is 0 Å². The minimum Gasteiger partial charge on any atom is -0.208 e. The van der Waals surface area contributed by atoms with E-state index >= 15 is 0 Å². The molecule has 0 N–H and O–H groups in total. The Morgan fingerprint density at radius 3 is 1.80 bits per heavy atom. The second kappa shape index (κ2) is 12.2. The van der Waals surface area contributed by atoms with Gasteiger partial charge in [0.1, 0.15) is 0 Å². The lowest BCUT2D eigenvalue weighted by Crippen LogP contribution is -2.03. The molecule has 2 heterocycles. The van der Waals surface area contributed by atoms with Crippen LogP contribution < -0.4 is 0 Å². The molecule has 0 atom stereocenters. The van der Waals surface area contributed by atoms with Crippen molar-refractivity contribution in [2.45, 2.75) is 9.79 Å². The number of hydrogen-bond acceptors (Lipinski definition) is 4. The Hall–Kier alpha value is -6.36. The Labute approximate surface area is 300 Å². The van der Waals surface area contributed by atoms with Crippen molar-refractivity contribution in [3.8, 4) is 67.5 Å². The van der Waals surface area contributed by atoms with Crippen LogP contribution in [-0.4, -0.2) is 15.0 Å². The molecule has 51 heavy (non-hydrogen) atoms. The summed E-state index contributed by atoms with van der Waals surface area (Å²) in [7, 11) is 0. The summed E-state index contributed by atoms with van der Waals surface area (Å²) < 4.78 is 0. The van der Waals surface area contributed by atoms with E-state index in [2.05, 4.69) is 158 Å². The summed E-state index contributed by atoms with van der Waals surface area (Å²) in [6, 6.07) is 62.2. The Morgan fingerprint density at radius 1 is 0.333 bits per heavy atom. The maximum absolute atomic E-state index is 5.25. The quantitative estimate of drug-likeness (QED) is 0.183. The maximum atomic E-state index is 5.25. The second-order valence-corrected chi connectivity index (χ2v) is 13.9. The molecule has 3 nitrogen and oxygen atoms in total. The molecule has 10 rings (SSSR count). The minimum atomic E-state index is 0.646. The van der Waals surface area contributed by atoms with Gasteiger partial charge in [-0.3, -0.25) is 0 Å². The van der Waals surface area contributed by atoms with Crippen LogP contribution in [0.5, 0.6) is 0 Å². The van der Waals surface area contributed by atoms with Crippen LogP contribution >= 0.6 is 11.8 Å². The summed E-state index contributed by atoms with van der Waals surface area (Å²) in [4.78, 5) is 18.0. The largest absolute Gasteiger partial charge is 0.208 e. The molecule has 0 bridgehead atoms. The van der Waals surface area contributed by atoms with Gasteiger partial charge in [0, 0.05) is 37.4 Å². The molecule has 0 amide bonds. The summed E-state index contributed by atoms with van der Waals surface area (Å²) in [5.41, 5.74) is 9.97. The summed E-state index contributed by atoms with van der Waals surface area (Å²) in [5, 5.41) is 4.96. The van der Waals surface area contributed by atoms with Crippen LogP contribution in [-0.2, 0) is 0 Å². The number of fused-ring (bicyclic) bond motifs is 3. The van der Waals surface area contributed by atoms with E-state index in [4.69, 9.17) is 15.0 Å². The topological polar surface area (TPSA) is 38.7 Å². The van der Waals surface area contributed by atoms with Crippen molar-refractivity contribution in [1.82, 2.24) is 15.0 Å². The molecule has 0 aliphatic carbocycles. The first-order chi connectivity index (χ1) is 25.3. The van der Waals surface area contributed by atoms with E-state index < -0.39 is 0 Å². The molecule has 0 saturated heterocycles. The van der Waals surface area contributed by atoms with E-state index in [1.54, 1.807) is 0 Å². The first kappa shape index (κ1) is 29.5. The van der Waals surface area contributed by atoms with E-state index in [0.29, 0.717) is 17.5 Å². The lowest BCUT2D eigenvalue weighted by Gasteiger charge is -2.24. The third-order valence-electron chi connectivity index (χ3n) is 9.71. The van der Waals surface area contributed by atoms with Crippen molar-refractivity contribution in [3.05, 3.63) is 176 Å². The van der Waals surface area contributed by atoms with Gasteiger partial charge < -0.3 is 0 Å². The van der Waals surface area contributed by atoms with E-state index in [-0.39, 0.29) is 0 Å². The molecule has 0 saturated carbocycles. The molecule has 1 aliphatic heterocycles. The first-order valence-corrected chi connectivity index (χ1v) is 17.9. The lowest BCUT2D eigenvalue weighted by molar-refractivity contribution is 1.07. The van der Waals surface area contributed by atoms with Gasteiger partial charge in [-0.1, -0.05) is 163 Å². The van der Waals surface area contributed by atoms with Crippen LogP contribution in [0.4, 0.5) is 0 Å². The number of benzene rings is 8. The highest BCUT2D eigenvalue weighted by atomic mass is 32.2. The molecular weight excluding hydrogens is 639 g/mol. The minimum absolute atomic E-state index is 0.646. The molecule has 0 radical (unpaired) electrons. The molecule has 4 heteroatoms. The normalized spacial score (nSPS) is 11.8. The monoisotopic (exact) mass is 667 g/mol. The third-order valence-corrected chi connectivity index (χ3v) is 10.8. The van der Waals surface area contributed by atoms with Gasteiger partial charge in [0.25, 0.3) is 0 Å². The zero-order valence-corrected chi connectivity index (χ0v) is 28.3. The van der Waals surface area contributed by atoms with Gasteiger partial charge in [-0.2, -0.15) is 0 Å². The number of aromatic nitrogens is 3. The predicted molar refractivity (Wildman–Crippen MR) is 212 cm³/mol. The SMILES string of the molecule is c1ccc(-c2nc(-c3cccc(-c4ccc5ccccc5c4)c3)nc(-c3cccc4c3-c3cccc5c(-c6ccccc6)ccc(c35)S4)n2)cc1. The predicted octanol–water partition coefficient (Wildman–Crippen LogP) is 12.6. The molecule has 238 valence electrons. The molecule has 1 aromatic heterocycles. The fraction of sp³-hybridized carbons (Fsp3) is 0. The van der Waals surface area contributed by atoms with Gasteiger partial charge in [-0.25, -0.2) is 15.0 Å². The number of rotatable bonds is 5. The van der Waals surface area contributed by atoms with E-state index in [1.807, 2.05) is 30.0 Å². The second-order valence-electron chi connectivity index (χ2n) is 12.8. The molecular formula is C47H29N3S. The Balaban J connectivity index is 1.16. The Morgan fingerprint density at radius 2 is 0.961 bits per heavy atom. The zero-order chi connectivity index (χ0) is 33.7. The van der Waals surface area contributed by atoms with Gasteiger partial charge >= 0.3 is 0 Å². The average Bonchev–Trinajstić information content (AvgIpc) is 3.21. The fourth-order valence-electron chi connectivity index (χ4n) is 7.28. The molecule has 0 fully saturated rings.